The third kappa shape index (κ3) is 3.99. The number of halogens is 1. The van der Waals surface area contributed by atoms with Crippen LogP contribution >= 0.6 is 15.9 Å². The van der Waals surface area contributed by atoms with Gasteiger partial charge in [-0.15, -0.1) is 0 Å². The molecule has 0 saturated carbocycles. The second-order valence-corrected chi connectivity index (χ2v) is 9.05. The van der Waals surface area contributed by atoms with Gasteiger partial charge in [0, 0.05) is 44.7 Å². The van der Waals surface area contributed by atoms with Crippen molar-refractivity contribution in [2.75, 3.05) is 40.3 Å². The summed E-state index contributed by atoms with van der Waals surface area (Å²) >= 11 is 3.39. The molecule has 1 aromatic carbocycles. The molecule has 8 heteroatoms. The van der Waals surface area contributed by atoms with Gasteiger partial charge >= 0.3 is 0 Å². The molecule has 0 aromatic heterocycles. The lowest BCUT2D eigenvalue weighted by atomic mass is 10.2. The number of likely N-dealkylation sites (N-methyl/N-ethyl adjacent to an activating group) is 1. The Bertz CT molecular complexity index is 713. The Morgan fingerprint density at radius 3 is 2.29 bits per heavy atom. The fourth-order valence-electron chi connectivity index (χ4n) is 2.79. The van der Waals surface area contributed by atoms with Gasteiger partial charge in [-0.2, -0.15) is 4.31 Å². The number of rotatable bonds is 4. The van der Waals surface area contributed by atoms with Gasteiger partial charge in [0.15, 0.2) is 0 Å². The molecular weight excluding hydrogens is 394 g/mol. The van der Waals surface area contributed by atoms with Gasteiger partial charge in [0.1, 0.15) is 0 Å². The third-order valence-corrected chi connectivity index (χ3v) is 7.17. The molecule has 0 spiro atoms. The molecule has 0 unspecified atom stereocenters. The van der Waals surface area contributed by atoms with Crippen LogP contribution in [-0.4, -0.2) is 74.7 Å². The molecule has 1 aliphatic rings. The van der Waals surface area contributed by atoms with Crippen LogP contribution < -0.4 is 0 Å². The van der Waals surface area contributed by atoms with E-state index < -0.39 is 10.0 Å². The van der Waals surface area contributed by atoms with E-state index in [1.165, 1.54) is 4.31 Å². The maximum absolute atomic E-state index is 12.8. The van der Waals surface area contributed by atoms with Gasteiger partial charge in [-0.3, -0.25) is 9.69 Å². The second-order valence-electron chi connectivity index (χ2n) is 6.26. The zero-order valence-corrected chi connectivity index (χ0v) is 16.9. The summed E-state index contributed by atoms with van der Waals surface area (Å²) in [6.45, 7) is 5.62. The number of hydrogen-bond acceptors (Lipinski definition) is 4. The summed E-state index contributed by atoms with van der Waals surface area (Å²) in [4.78, 5) is 16.0. The van der Waals surface area contributed by atoms with Crippen LogP contribution in [0.5, 0.6) is 0 Å². The van der Waals surface area contributed by atoms with Crippen molar-refractivity contribution in [2.24, 2.45) is 0 Å². The molecule has 6 nitrogen and oxygen atoms in total. The molecule has 0 bridgehead atoms. The molecular formula is C16H24BrN3O3S. The van der Waals surface area contributed by atoms with Crippen LogP contribution in [-0.2, 0) is 14.8 Å². The van der Waals surface area contributed by atoms with Gasteiger partial charge < -0.3 is 4.90 Å². The summed E-state index contributed by atoms with van der Waals surface area (Å²) in [6.07, 6.45) is 0. The van der Waals surface area contributed by atoms with Crippen LogP contribution in [0.1, 0.15) is 12.5 Å². The first-order chi connectivity index (χ1) is 11.1. The lowest BCUT2D eigenvalue weighted by Gasteiger charge is -2.37. The highest BCUT2D eigenvalue weighted by Crippen LogP contribution is 2.23. The number of carbonyl (C=O) groups excluding carboxylic acids is 1. The van der Waals surface area contributed by atoms with Crippen molar-refractivity contribution < 1.29 is 13.2 Å². The maximum Gasteiger partial charge on any atom is 0.243 e. The van der Waals surface area contributed by atoms with E-state index in [2.05, 4.69) is 15.9 Å². The number of nitrogens with zero attached hydrogens (tertiary/aromatic N) is 3. The molecule has 1 aliphatic heterocycles. The summed E-state index contributed by atoms with van der Waals surface area (Å²) in [5, 5.41) is 0. The van der Waals surface area contributed by atoms with Crippen molar-refractivity contribution in [1.29, 1.82) is 0 Å². The molecule has 0 aliphatic carbocycles. The Balaban J connectivity index is 2.08. The lowest BCUT2D eigenvalue weighted by Crippen LogP contribution is -2.54. The van der Waals surface area contributed by atoms with Crippen LogP contribution in [0.2, 0.25) is 0 Å². The van der Waals surface area contributed by atoms with Crippen molar-refractivity contribution >= 4 is 31.9 Å². The largest absolute Gasteiger partial charge is 0.347 e. The first-order valence-corrected chi connectivity index (χ1v) is 10.1. The zero-order chi connectivity index (χ0) is 18.1. The standard InChI is InChI=1S/C16H24BrN3O3S/c1-12-11-14(5-6-15(12)17)24(22,23)20-9-7-19(8-10-20)13(2)16(21)18(3)4/h5-6,11,13H,7-10H2,1-4H3/t13-/m0/s1. The average Bonchev–Trinajstić information content (AvgIpc) is 2.55. The molecule has 0 radical (unpaired) electrons. The van der Waals surface area contributed by atoms with Crippen LogP contribution in [0.15, 0.2) is 27.6 Å². The SMILES string of the molecule is Cc1cc(S(=O)(=O)N2CCN([C@@H](C)C(=O)N(C)C)CC2)ccc1Br. The Hall–Kier alpha value is -0.960. The number of aryl methyl sites for hydroxylation is 1. The topological polar surface area (TPSA) is 60.9 Å². The molecule has 1 atom stereocenters. The van der Waals surface area contributed by atoms with E-state index in [9.17, 15) is 13.2 Å². The molecule has 1 aromatic rings. The lowest BCUT2D eigenvalue weighted by molar-refractivity contribution is -0.134. The molecule has 24 heavy (non-hydrogen) atoms. The zero-order valence-electron chi connectivity index (χ0n) is 14.5. The van der Waals surface area contributed by atoms with Gasteiger partial charge in [0.05, 0.1) is 10.9 Å². The van der Waals surface area contributed by atoms with Crippen molar-refractivity contribution in [3.63, 3.8) is 0 Å². The first-order valence-electron chi connectivity index (χ1n) is 7.86. The first kappa shape index (κ1) is 19.4. The normalized spacial score (nSPS) is 18.4. The van der Waals surface area contributed by atoms with E-state index in [-0.39, 0.29) is 11.9 Å². The molecule has 1 fully saturated rings. The van der Waals surface area contributed by atoms with Crippen LogP contribution in [0.25, 0.3) is 0 Å². The minimum Gasteiger partial charge on any atom is -0.347 e. The van der Waals surface area contributed by atoms with E-state index in [1.54, 1.807) is 37.2 Å². The predicted octanol–water partition coefficient (Wildman–Crippen LogP) is 1.54. The van der Waals surface area contributed by atoms with E-state index in [4.69, 9.17) is 0 Å². The van der Waals surface area contributed by atoms with E-state index in [0.29, 0.717) is 31.1 Å². The number of amides is 1. The number of sulfonamides is 1. The van der Waals surface area contributed by atoms with Crippen LogP contribution in [0.3, 0.4) is 0 Å². The number of carbonyl (C=O) groups is 1. The summed E-state index contributed by atoms with van der Waals surface area (Å²) in [7, 11) is -0.0334. The smallest absolute Gasteiger partial charge is 0.243 e. The summed E-state index contributed by atoms with van der Waals surface area (Å²) < 4.78 is 28.0. The minimum absolute atomic E-state index is 0.0369. The third-order valence-electron chi connectivity index (χ3n) is 4.39. The van der Waals surface area contributed by atoms with Crippen LogP contribution in [0, 0.1) is 6.92 Å². The number of benzene rings is 1. The highest BCUT2D eigenvalue weighted by molar-refractivity contribution is 9.10. The van der Waals surface area contributed by atoms with Crippen molar-refractivity contribution in [3.8, 4) is 0 Å². The van der Waals surface area contributed by atoms with Gasteiger partial charge in [-0.25, -0.2) is 8.42 Å². The van der Waals surface area contributed by atoms with Gasteiger partial charge in [-0.1, -0.05) is 15.9 Å². The van der Waals surface area contributed by atoms with Crippen LogP contribution in [0.4, 0.5) is 0 Å². The highest BCUT2D eigenvalue weighted by atomic mass is 79.9. The van der Waals surface area contributed by atoms with Gasteiger partial charge in [0.2, 0.25) is 15.9 Å². The monoisotopic (exact) mass is 417 g/mol. The molecule has 134 valence electrons. The van der Waals surface area contributed by atoms with Gasteiger partial charge in [0.25, 0.3) is 0 Å². The molecule has 0 N–H and O–H groups in total. The number of hydrogen-bond donors (Lipinski definition) is 0. The molecule has 1 amide bonds. The number of piperazine rings is 1. The van der Waals surface area contributed by atoms with E-state index in [0.717, 1.165) is 10.0 Å². The highest BCUT2D eigenvalue weighted by Gasteiger charge is 2.32. The summed E-state index contributed by atoms with van der Waals surface area (Å²) in [5.41, 5.74) is 0.889. The fraction of sp³-hybridized carbons (Fsp3) is 0.562. The Morgan fingerprint density at radius 1 is 1.21 bits per heavy atom. The molecule has 1 saturated heterocycles. The van der Waals surface area contributed by atoms with Crippen molar-refractivity contribution in [2.45, 2.75) is 24.8 Å². The van der Waals surface area contributed by atoms with E-state index >= 15 is 0 Å². The Labute approximate surface area is 152 Å². The predicted molar refractivity (Wildman–Crippen MR) is 97.4 cm³/mol. The molecule has 1 heterocycles. The second kappa shape index (κ2) is 7.51. The maximum atomic E-state index is 12.8. The van der Waals surface area contributed by atoms with Crippen molar-refractivity contribution in [3.05, 3.63) is 28.2 Å². The quantitative estimate of drug-likeness (QED) is 0.745. The summed E-state index contributed by atoms with van der Waals surface area (Å²) in [5.74, 6) is 0.0369. The molecule has 2 rings (SSSR count). The minimum atomic E-state index is -3.50. The van der Waals surface area contributed by atoms with Gasteiger partial charge in [-0.05, 0) is 37.6 Å². The summed E-state index contributed by atoms with van der Waals surface area (Å²) in [6, 6.07) is 4.83. The van der Waals surface area contributed by atoms with E-state index in [1.807, 2.05) is 18.7 Å². The average molecular weight is 418 g/mol. The Morgan fingerprint density at radius 2 is 1.79 bits per heavy atom. The Kier molecular flexibility index (Phi) is 6.06. The van der Waals surface area contributed by atoms with Crippen molar-refractivity contribution in [1.82, 2.24) is 14.1 Å². The fourth-order valence-corrected chi connectivity index (χ4v) is 4.54.